The number of rotatable bonds is 4. The number of aromatic nitrogens is 4. The smallest absolute Gasteiger partial charge is 0.267 e. The molecule has 3 heterocycles. The summed E-state index contributed by atoms with van der Waals surface area (Å²) in [5.74, 6) is 1.11. The summed E-state index contributed by atoms with van der Waals surface area (Å²) < 4.78 is 10.8. The molecule has 0 bridgehead atoms. The molecule has 0 fully saturated rings. The lowest BCUT2D eigenvalue weighted by molar-refractivity contribution is 0.175. The highest BCUT2D eigenvalue weighted by Crippen LogP contribution is 2.22. The Morgan fingerprint density at radius 3 is 2.91 bits per heavy atom. The van der Waals surface area contributed by atoms with Crippen LogP contribution < -0.4 is 10.3 Å². The van der Waals surface area contributed by atoms with Gasteiger partial charge in [-0.2, -0.15) is 4.98 Å². The van der Waals surface area contributed by atoms with Crippen molar-refractivity contribution in [1.82, 2.24) is 20.1 Å². The van der Waals surface area contributed by atoms with E-state index in [-0.39, 0.29) is 17.3 Å². The number of halogens is 1. The van der Waals surface area contributed by atoms with Crippen LogP contribution in [0.5, 0.6) is 5.75 Å². The molecule has 0 saturated carbocycles. The third-order valence-corrected chi connectivity index (χ3v) is 3.04. The zero-order valence-corrected chi connectivity index (χ0v) is 12.2. The van der Waals surface area contributed by atoms with Crippen LogP contribution in [-0.4, -0.2) is 20.1 Å². The summed E-state index contributed by atoms with van der Waals surface area (Å²) in [6.07, 6.45) is 1.03. The van der Waals surface area contributed by atoms with E-state index in [0.29, 0.717) is 16.6 Å². The number of H-pyrrole nitrogens is 1. The lowest BCUT2D eigenvalue weighted by Crippen LogP contribution is -2.05. The minimum Gasteiger partial charge on any atom is -0.479 e. The minimum absolute atomic E-state index is 0.236. The molecule has 3 aromatic heterocycles. The first-order valence-electron chi connectivity index (χ1n) is 6.43. The molecule has 112 valence electrons. The summed E-state index contributed by atoms with van der Waals surface area (Å²) >= 11 is 5.71. The Morgan fingerprint density at radius 2 is 2.18 bits per heavy atom. The molecule has 0 aliphatic carbocycles. The Hall–Kier alpha value is -2.67. The monoisotopic (exact) mass is 318 g/mol. The van der Waals surface area contributed by atoms with Crippen molar-refractivity contribution in [3.05, 3.63) is 57.9 Å². The SMILES string of the molecule is C[C@H](Oc1ccc(Cl)nc1)c1nc(-c2cccc(=O)[nH]2)no1. The van der Waals surface area contributed by atoms with Gasteiger partial charge in [0.2, 0.25) is 11.4 Å². The predicted octanol–water partition coefficient (Wildman–Crippen LogP) is 2.61. The van der Waals surface area contributed by atoms with Gasteiger partial charge in [0.05, 0.1) is 11.9 Å². The molecule has 7 nitrogen and oxygen atoms in total. The van der Waals surface area contributed by atoms with E-state index in [1.165, 1.54) is 12.3 Å². The van der Waals surface area contributed by atoms with Gasteiger partial charge >= 0.3 is 0 Å². The first-order chi connectivity index (χ1) is 10.6. The van der Waals surface area contributed by atoms with Gasteiger partial charge in [0.25, 0.3) is 5.89 Å². The molecule has 0 amide bonds. The number of pyridine rings is 2. The first kappa shape index (κ1) is 14.3. The Bertz CT molecular complexity index is 828. The van der Waals surface area contributed by atoms with Gasteiger partial charge in [-0.3, -0.25) is 4.79 Å². The fraction of sp³-hybridized carbons (Fsp3) is 0.143. The van der Waals surface area contributed by atoms with Gasteiger partial charge in [-0.25, -0.2) is 4.98 Å². The Kier molecular flexibility index (Phi) is 3.88. The maximum absolute atomic E-state index is 11.3. The number of aromatic amines is 1. The van der Waals surface area contributed by atoms with E-state index >= 15 is 0 Å². The zero-order valence-electron chi connectivity index (χ0n) is 11.5. The van der Waals surface area contributed by atoms with Gasteiger partial charge in [0.15, 0.2) is 6.10 Å². The van der Waals surface area contributed by atoms with Crippen LogP contribution in [0.1, 0.15) is 18.9 Å². The molecule has 22 heavy (non-hydrogen) atoms. The van der Waals surface area contributed by atoms with E-state index in [0.717, 1.165) is 0 Å². The Morgan fingerprint density at radius 1 is 1.32 bits per heavy atom. The van der Waals surface area contributed by atoms with Gasteiger partial charge < -0.3 is 14.2 Å². The maximum Gasteiger partial charge on any atom is 0.267 e. The topological polar surface area (TPSA) is 93.9 Å². The summed E-state index contributed by atoms with van der Waals surface area (Å²) in [6.45, 7) is 1.76. The number of hydrogen-bond donors (Lipinski definition) is 1. The predicted molar refractivity (Wildman–Crippen MR) is 78.6 cm³/mol. The van der Waals surface area contributed by atoms with Crippen LogP contribution >= 0.6 is 11.6 Å². The summed E-state index contributed by atoms with van der Waals surface area (Å²) in [7, 11) is 0. The largest absolute Gasteiger partial charge is 0.479 e. The molecule has 0 aromatic carbocycles. The number of hydrogen-bond acceptors (Lipinski definition) is 6. The second-order valence-electron chi connectivity index (χ2n) is 4.46. The van der Waals surface area contributed by atoms with Crippen molar-refractivity contribution in [3.63, 3.8) is 0 Å². The van der Waals surface area contributed by atoms with Gasteiger partial charge in [0.1, 0.15) is 10.9 Å². The molecule has 1 N–H and O–H groups in total. The van der Waals surface area contributed by atoms with E-state index in [1.807, 2.05) is 0 Å². The van der Waals surface area contributed by atoms with Crippen LogP contribution in [0.15, 0.2) is 45.8 Å². The quantitative estimate of drug-likeness (QED) is 0.743. The molecule has 0 saturated heterocycles. The molecule has 3 rings (SSSR count). The normalized spacial score (nSPS) is 12.1. The molecular weight excluding hydrogens is 308 g/mol. The molecule has 0 aliphatic rings. The molecular formula is C14H11ClN4O3. The fourth-order valence-corrected chi connectivity index (χ4v) is 1.89. The average molecular weight is 319 g/mol. The highest BCUT2D eigenvalue weighted by atomic mass is 35.5. The summed E-state index contributed by atoms with van der Waals surface area (Å²) in [5, 5.41) is 4.21. The van der Waals surface area contributed by atoms with E-state index in [4.69, 9.17) is 20.9 Å². The van der Waals surface area contributed by atoms with Crippen molar-refractivity contribution in [2.24, 2.45) is 0 Å². The highest BCUT2D eigenvalue weighted by molar-refractivity contribution is 6.29. The van der Waals surface area contributed by atoms with Crippen molar-refractivity contribution >= 4 is 11.6 Å². The van der Waals surface area contributed by atoms with Crippen molar-refractivity contribution in [3.8, 4) is 17.3 Å². The second-order valence-corrected chi connectivity index (χ2v) is 4.85. The number of ether oxygens (including phenoxy) is 1. The summed E-state index contributed by atoms with van der Waals surface area (Å²) in [4.78, 5) is 22.1. The molecule has 3 aromatic rings. The highest BCUT2D eigenvalue weighted by Gasteiger charge is 2.17. The fourth-order valence-electron chi connectivity index (χ4n) is 1.77. The van der Waals surface area contributed by atoms with Crippen molar-refractivity contribution in [2.45, 2.75) is 13.0 Å². The summed E-state index contributed by atoms with van der Waals surface area (Å²) in [5.41, 5.74) is 0.239. The third-order valence-electron chi connectivity index (χ3n) is 2.81. The summed E-state index contributed by atoms with van der Waals surface area (Å²) in [6, 6.07) is 8.02. The van der Waals surface area contributed by atoms with E-state index in [1.54, 1.807) is 31.2 Å². The number of nitrogens with zero attached hydrogens (tertiary/aromatic N) is 3. The van der Waals surface area contributed by atoms with E-state index in [9.17, 15) is 4.79 Å². The molecule has 0 aliphatic heterocycles. The standard InChI is InChI=1S/C14H11ClN4O3/c1-8(21-9-5-6-11(15)16-7-9)14-18-13(19-22-14)10-3-2-4-12(20)17-10/h2-8H,1H3,(H,17,20)/t8-/m0/s1. The molecule has 1 atom stereocenters. The second kappa shape index (κ2) is 5.98. The van der Waals surface area contributed by atoms with Crippen molar-refractivity contribution in [2.75, 3.05) is 0 Å². The van der Waals surface area contributed by atoms with Crippen LogP contribution in [0, 0.1) is 0 Å². The van der Waals surface area contributed by atoms with Crippen LogP contribution in [-0.2, 0) is 0 Å². The van der Waals surface area contributed by atoms with Crippen molar-refractivity contribution < 1.29 is 9.26 Å². The van der Waals surface area contributed by atoms with E-state index in [2.05, 4.69) is 20.1 Å². The lowest BCUT2D eigenvalue weighted by Gasteiger charge is -2.09. The van der Waals surface area contributed by atoms with Gasteiger partial charge in [-0.05, 0) is 25.1 Å². The van der Waals surface area contributed by atoms with Crippen LogP contribution in [0.25, 0.3) is 11.5 Å². The molecule has 0 spiro atoms. The van der Waals surface area contributed by atoms with Crippen LogP contribution in [0.2, 0.25) is 5.15 Å². The van der Waals surface area contributed by atoms with Gasteiger partial charge in [0, 0.05) is 6.07 Å². The average Bonchev–Trinajstić information content (AvgIpc) is 3.00. The Labute approximate surface area is 129 Å². The minimum atomic E-state index is -0.473. The van der Waals surface area contributed by atoms with E-state index < -0.39 is 6.10 Å². The zero-order chi connectivity index (χ0) is 15.5. The first-order valence-corrected chi connectivity index (χ1v) is 6.81. The van der Waals surface area contributed by atoms with Crippen LogP contribution in [0.4, 0.5) is 0 Å². The molecule has 0 unspecified atom stereocenters. The molecule has 8 heteroatoms. The molecule has 0 radical (unpaired) electrons. The van der Waals surface area contributed by atoms with Crippen molar-refractivity contribution in [1.29, 1.82) is 0 Å². The maximum atomic E-state index is 11.3. The van der Waals surface area contributed by atoms with Gasteiger partial charge in [-0.1, -0.05) is 22.8 Å². The van der Waals surface area contributed by atoms with Gasteiger partial charge in [-0.15, -0.1) is 0 Å². The Balaban J connectivity index is 1.78. The number of nitrogens with one attached hydrogen (secondary N) is 1. The lowest BCUT2D eigenvalue weighted by atomic mass is 10.3. The van der Waals surface area contributed by atoms with Crippen LogP contribution in [0.3, 0.4) is 0 Å². The third kappa shape index (κ3) is 3.15.